The second-order valence-electron chi connectivity index (χ2n) is 3.47. The highest BCUT2D eigenvalue weighted by Gasteiger charge is 2.24. The highest BCUT2D eigenvalue weighted by molar-refractivity contribution is 9.10. The second-order valence-corrected chi connectivity index (χ2v) is 4.39. The Bertz CT molecular complexity index is 403. The number of carboxylic acids is 1. The zero-order valence-corrected chi connectivity index (χ0v) is 9.04. The molecule has 0 aliphatic heterocycles. The maximum atomic E-state index is 11.0. The summed E-state index contributed by atoms with van der Waals surface area (Å²) >= 11 is 3.29. The summed E-state index contributed by atoms with van der Waals surface area (Å²) in [5, 5.41) is 9.00. The van der Waals surface area contributed by atoms with E-state index in [4.69, 9.17) is 10.8 Å². The fourth-order valence-corrected chi connectivity index (χ4v) is 2.39. The van der Waals surface area contributed by atoms with Crippen LogP contribution in [0.4, 0.5) is 0 Å². The summed E-state index contributed by atoms with van der Waals surface area (Å²) in [4.78, 5) is 11.0. The van der Waals surface area contributed by atoms with Crippen molar-refractivity contribution < 1.29 is 9.90 Å². The monoisotopic (exact) mass is 255 g/mol. The lowest BCUT2D eigenvalue weighted by Crippen LogP contribution is -2.07. The van der Waals surface area contributed by atoms with Gasteiger partial charge >= 0.3 is 5.97 Å². The smallest absolute Gasteiger partial charge is 0.336 e. The average molecular weight is 256 g/mol. The molecular formula is C10H10BrNO2. The van der Waals surface area contributed by atoms with E-state index < -0.39 is 5.97 Å². The third-order valence-electron chi connectivity index (χ3n) is 2.58. The normalized spacial score (nSPS) is 19.4. The molecule has 0 amide bonds. The van der Waals surface area contributed by atoms with E-state index in [1.807, 2.05) is 6.07 Å². The van der Waals surface area contributed by atoms with Crippen LogP contribution >= 0.6 is 15.9 Å². The highest BCUT2D eigenvalue weighted by Crippen LogP contribution is 2.34. The largest absolute Gasteiger partial charge is 0.478 e. The van der Waals surface area contributed by atoms with Gasteiger partial charge in [-0.1, -0.05) is 15.9 Å². The molecule has 3 N–H and O–H groups in total. The summed E-state index contributed by atoms with van der Waals surface area (Å²) in [6, 6.07) is 3.54. The number of hydrogen-bond donors (Lipinski definition) is 2. The van der Waals surface area contributed by atoms with E-state index in [2.05, 4.69) is 15.9 Å². The van der Waals surface area contributed by atoms with E-state index >= 15 is 0 Å². The van der Waals surface area contributed by atoms with Crippen molar-refractivity contribution in [2.45, 2.75) is 18.9 Å². The van der Waals surface area contributed by atoms with Crippen molar-refractivity contribution in [3.8, 4) is 0 Å². The molecule has 0 bridgehead atoms. The van der Waals surface area contributed by atoms with Gasteiger partial charge in [-0.15, -0.1) is 0 Å². The Morgan fingerprint density at radius 3 is 2.93 bits per heavy atom. The van der Waals surface area contributed by atoms with E-state index in [9.17, 15) is 4.79 Å². The maximum Gasteiger partial charge on any atom is 0.336 e. The Kier molecular flexibility index (Phi) is 2.33. The molecule has 4 heteroatoms. The number of carbonyl (C=O) groups is 1. The minimum atomic E-state index is -0.878. The minimum Gasteiger partial charge on any atom is -0.478 e. The topological polar surface area (TPSA) is 63.3 Å². The number of benzene rings is 1. The van der Waals surface area contributed by atoms with Crippen molar-refractivity contribution >= 4 is 21.9 Å². The first-order valence-electron chi connectivity index (χ1n) is 4.41. The maximum absolute atomic E-state index is 11.0. The first-order chi connectivity index (χ1) is 6.59. The van der Waals surface area contributed by atoms with Gasteiger partial charge in [0.25, 0.3) is 0 Å². The van der Waals surface area contributed by atoms with Crippen molar-refractivity contribution in [1.82, 2.24) is 0 Å². The molecule has 0 radical (unpaired) electrons. The summed E-state index contributed by atoms with van der Waals surface area (Å²) in [5.41, 5.74) is 8.11. The van der Waals surface area contributed by atoms with Crippen LogP contribution in [0.2, 0.25) is 0 Å². The molecule has 1 aliphatic rings. The molecule has 1 atom stereocenters. The SMILES string of the molecule is N[C@H]1CCc2c(C(=O)O)cc(Br)cc21. The van der Waals surface area contributed by atoms with E-state index in [1.54, 1.807) is 6.07 Å². The lowest BCUT2D eigenvalue weighted by atomic mass is 10.0. The van der Waals surface area contributed by atoms with Crippen LogP contribution in [0, 0.1) is 0 Å². The molecule has 0 spiro atoms. The molecule has 0 saturated heterocycles. The molecule has 14 heavy (non-hydrogen) atoms. The van der Waals surface area contributed by atoms with Gasteiger partial charge in [0.2, 0.25) is 0 Å². The van der Waals surface area contributed by atoms with Crippen molar-refractivity contribution in [3.05, 3.63) is 33.3 Å². The van der Waals surface area contributed by atoms with Crippen molar-refractivity contribution in [2.24, 2.45) is 5.73 Å². The first-order valence-corrected chi connectivity index (χ1v) is 5.20. The van der Waals surface area contributed by atoms with Gasteiger partial charge in [0.15, 0.2) is 0 Å². The Morgan fingerprint density at radius 2 is 2.29 bits per heavy atom. The van der Waals surface area contributed by atoms with Gasteiger partial charge in [0.05, 0.1) is 5.56 Å². The zero-order chi connectivity index (χ0) is 10.3. The first kappa shape index (κ1) is 9.68. The molecule has 74 valence electrons. The van der Waals surface area contributed by atoms with Gasteiger partial charge in [-0.2, -0.15) is 0 Å². The van der Waals surface area contributed by atoms with Gasteiger partial charge in [0, 0.05) is 10.5 Å². The lowest BCUT2D eigenvalue weighted by Gasteiger charge is -2.07. The summed E-state index contributed by atoms with van der Waals surface area (Å²) in [5.74, 6) is -0.878. The lowest BCUT2D eigenvalue weighted by molar-refractivity contribution is 0.0695. The molecule has 2 rings (SSSR count). The molecule has 1 aliphatic carbocycles. The number of aromatic carboxylic acids is 1. The van der Waals surface area contributed by atoms with Crippen LogP contribution in [-0.4, -0.2) is 11.1 Å². The minimum absolute atomic E-state index is 0.0133. The van der Waals surface area contributed by atoms with Gasteiger partial charge in [-0.25, -0.2) is 4.79 Å². The third-order valence-corrected chi connectivity index (χ3v) is 3.04. The molecular weight excluding hydrogens is 246 g/mol. The number of hydrogen-bond acceptors (Lipinski definition) is 2. The van der Waals surface area contributed by atoms with Crippen LogP contribution in [0.15, 0.2) is 16.6 Å². The van der Waals surface area contributed by atoms with Crippen LogP contribution in [0.5, 0.6) is 0 Å². The molecule has 3 nitrogen and oxygen atoms in total. The van der Waals surface area contributed by atoms with E-state index in [0.717, 1.165) is 28.4 Å². The second kappa shape index (κ2) is 3.37. The Hall–Kier alpha value is -0.870. The van der Waals surface area contributed by atoms with Crippen LogP contribution in [-0.2, 0) is 6.42 Å². The number of fused-ring (bicyclic) bond motifs is 1. The van der Waals surface area contributed by atoms with Crippen LogP contribution in [0.3, 0.4) is 0 Å². The zero-order valence-electron chi connectivity index (χ0n) is 7.46. The highest BCUT2D eigenvalue weighted by atomic mass is 79.9. The Labute approximate surface area is 90.0 Å². The summed E-state index contributed by atoms with van der Waals surface area (Å²) in [7, 11) is 0. The molecule has 1 aromatic carbocycles. The average Bonchev–Trinajstić information content (AvgIpc) is 2.47. The number of carboxylic acid groups (broad SMARTS) is 1. The predicted molar refractivity (Wildman–Crippen MR) is 56.4 cm³/mol. The molecule has 0 saturated carbocycles. The number of nitrogens with two attached hydrogens (primary N) is 1. The van der Waals surface area contributed by atoms with Gasteiger partial charge < -0.3 is 10.8 Å². The molecule has 0 fully saturated rings. The Morgan fingerprint density at radius 1 is 1.57 bits per heavy atom. The number of rotatable bonds is 1. The predicted octanol–water partition coefficient (Wildman–Crippen LogP) is 2.09. The van der Waals surface area contributed by atoms with Crippen LogP contribution in [0.1, 0.15) is 33.9 Å². The molecule has 0 heterocycles. The van der Waals surface area contributed by atoms with Gasteiger partial charge in [0.1, 0.15) is 0 Å². The van der Waals surface area contributed by atoms with Crippen molar-refractivity contribution in [2.75, 3.05) is 0 Å². The quantitative estimate of drug-likeness (QED) is 0.808. The summed E-state index contributed by atoms with van der Waals surface area (Å²) in [6.45, 7) is 0. The molecule has 1 aromatic rings. The standard InChI is InChI=1S/C10H10BrNO2/c11-5-3-7-6(1-2-9(7)12)8(4-5)10(13)14/h3-4,9H,1-2,12H2,(H,13,14)/t9-/m0/s1. The van der Waals surface area contributed by atoms with E-state index in [1.165, 1.54) is 0 Å². The van der Waals surface area contributed by atoms with Crippen molar-refractivity contribution in [1.29, 1.82) is 0 Å². The fourth-order valence-electron chi connectivity index (χ4n) is 1.91. The third kappa shape index (κ3) is 1.44. The van der Waals surface area contributed by atoms with E-state index in [0.29, 0.717) is 5.56 Å². The number of halogens is 1. The van der Waals surface area contributed by atoms with Gasteiger partial charge in [-0.05, 0) is 36.1 Å². The van der Waals surface area contributed by atoms with E-state index in [-0.39, 0.29) is 6.04 Å². The fraction of sp³-hybridized carbons (Fsp3) is 0.300. The van der Waals surface area contributed by atoms with Crippen molar-refractivity contribution in [3.63, 3.8) is 0 Å². The summed E-state index contributed by atoms with van der Waals surface area (Å²) in [6.07, 6.45) is 1.61. The van der Waals surface area contributed by atoms with Crippen LogP contribution in [0.25, 0.3) is 0 Å². The molecule has 0 unspecified atom stereocenters. The van der Waals surface area contributed by atoms with Gasteiger partial charge in [-0.3, -0.25) is 0 Å². The summed E-state index contributed by atoms with van der Waals surface area (Å²) < 4.78 is 0.783. The van der Waals surface area contributed by atoms with Crippen LogP contribution < -0.4 is 5.73 Å². The Balaban J connectivity index is 2.63. The molecule has 0 aromatic heterocycles.